The van der Waals surface area contributed by atoms with Crippen LogP contribution in [0.4, 0.5) is 5.69 Å². The molecule has 1 aliphatic heterocycles. The van der Waals surface area contributed by atoms with Crippen LogP contribution in [0.1, 0.15) is 24.6 Å². The van der Waals surface area contributed by atoms with E-state index in [0.29, 0.717) is 18.9 Å². The number of aromatic nitrogens is 2. The molecule has 6 nitrogen and oxygen atoms in total. The Balaban J connectivity index is 2.24. The molecule has 0 unspecified atom stereocenters. The van der Waals surface area contributed by atoms with E-state index in [2.05, 4.69) is 5.10 Å². The fourth-order valence-corrected chi connectivity index (χ4v) is 1.89. The molecule has 0 radical (unpaired) electrons. The fraction of sp³-hybridized carbons (Fsp3) is 0.667. The number of nitrogens with zero attached hydrogens (tertiary/aromatic N) is 3. The minimum Gasteiger partial charge on any atom is -0.381 e. The molecular weight excluding hydrogens is 198 g/mol. The zero-order valence-electron chi connectivity index (χ0n) is 8.55. The minimum atomic E-state index is -0.391. The molecule has 1 fully saturated rings. The van der Waals surface area contributed by atoms with Crippen molar-refractivity contribution < 1.29 is 9.66 Å². The number of hydrogen-bond acceptors (Lipinski definition) is 4. The first-order chi connectivity index (χ1) is 7.20. The van der Waals surface area contributed by atoms with Crippen molar-refractivity contribution in [3.63, 3.8) is 0 Å². The largest absolute Gasteiger partial charge is 0.381 e. The van der Waals surface area contributed by atoms with Gasteiger partial charge in [0.15, 0.2) is 0 Å². The van der Waals surface area contributed by atoms with Gasteiger partial charge in [-0.05, 0) is 19.8 Å². The zero-order chi connectivity index (χ0) is 10.8. The van der Waals surface area contributed by atoms with E-state index in [4.69, 9.17) is 4.74 Å². The molecule has 1 aromatic rings. The van der Waals surface area contributed by atoms with Crippen molar-refractivity contribution in [3.8, 4) is 0 Å². The fourth-order valence-electron chi connectivity index (χ4n) is 1.89. The summed E-state index contributed by atoms with van der Waals surface area (Å²) in [6.45, 7) is 3.15. The lowest BCUT2D eigenvalue weighted by Gasteiger charge is -2.23. The molecule has 82 valence electrons. The standard InChI is InChI=1S/C9H13N3O3/c1-7-9(12(13)14)6-10-11(7)8-2-4-15-5-3-8/h6,8H,2-5H2,1H3. The van der Waals surface area contributed by atoms with Gasteiger partial charge >= 0.3 is 5.69 Å². The smallest absolute Gasteiger partial charge is 0.309 e. The lowest BCUT2D eigenvalue weighted by Crippen LogP contribution is -2.21. The number of rotatable bonds is 2. The van der Waals surface area contributed by atoms with Crippen LogP contribution in [-0.4, -0.2) is 27.9 Å². The summed E-state index contributed by atoms with van der Waals surface area (Å²) >= 11 is 0. The van der Waals surface area contributed by atoms with Gasteiger partial charge in [0.25, 0.3) is 0 Å². The highest BCUT2D eigenvalue weighted by Crippen LogP contribution is 2.25. The highest BCUT2D eigenvalue weighted by Gasteiger charge is 2.23. The van der Waals surface area contributed by atoms with Crippen molar-refractivity contribution in [3.05, 3.63) is 22.0 Å². The van der Waals surface area contributed by atoms with Crippen LogP contribution in [0.3, 0.4) is 0 Å². The molecular formula is C9H13N3O3. The van der Waals surface area contributed by atoms with E-state index in [0.717, 1.165) is 12.8 Å². The normalized spacial score (nSPS) is 17.9. The molecule has 0 saturated carbocycles. The SMILES string of the molecule is Cc1c([N+](=O)[O-])cnn1C1CCOCC1. The van der Waals surface area contributed by atoms with E-state index < -0.39 is 4.92 Å². The monoisotopic (exact) mass is 211 g/mol. The zero-order valence-corrected chi connectivity index (χ0v) is 8.55. The van der Waals surface area contributed by atoms with Gasteiger partial charge in [0, 0.05) is 13.2 Å². The summed E-state index contributed by atoms with van der Waals surface area (Å²) in [7, 11) is 0. The minimum absolute atomic E-state index is 0.0986. The highest BCUT2D eigenvalue weighted by molar-refractivity contribution is 5.31. The first kappa shape index (κ1) is 10.1. The van der Waals surface area contributed by atoms with Crippen molar-refractivity contribution in [2.24, 2.45) is 0 Å². The third-order valence-corrected chi connectivity index (χ3v) is 2.75. The molecule has 1 aliphatic rings. The van der Waals surface area contributed by atoms with Crippen LogP contribution < -0.4 is 0 Å². The average molecular weight is 211 g/mol. The summed E-state index contributed by atoms with van der Waals surface area (Å²) in [6, 6.07) is 0.243. The molecule has 0 amide bonds. The topological polar surface area (TPSA) is 70.2 Å². The van der Waals surface area contributed by atoms with Crippen molar-refractivity contribution in [2.45, 2.75) is 25.8 Å². The summed E-state index contributed by atoms with van der Waals surface area (Å²) in [6.07, 6.45) is 3.07. The Morgan fingerprint density at radius 2 is 2.27 bits per heavy atom. The van der Waals surface area contributed by atoms with E-state index in [1.54, 1.807) is 11.6 Å². The highest BCUT2D eigenvalue weighted by atomic mass is 16.6. The summed E-state index contributed by atoms with van der Waals surface area (Å²) in [5.74, 6) is 0. The molecule has 0 spiro atoms. The van der Waals surface area contributed by atoms with Gasteiger partial charge in [-0.2, -0.15) is 5.10 Å². The van der Waals surface area contributed by atoms with Crippen LogP contribution in [0.25, 0.3) is 0 Å². The van der Waals surface area contributed by atoms with Crippen LogP contribution in [0.5, 0.6) is 0 Å². The van der Waals surface area contributed by atoms with E-state index >= 15 is 0 Å². The molecule has 6 heteroatoms. The van der Waals surface area contributed by atoms with E-state index in [-0.39, 0.29) is 11.7 Å². The predicted octanol–water partition coefficient (Wildman–Crippen LogP) is 1.45. The maximum absolute atomic E-state index is 10.6. The third-order valence-electron chi connectivity index (χ3n) is 2.75. The Kier molecular flexibility index (Phi) is 2.68. The second-order valence-electron chi connectivity index (χ2n) is 3.66. The number of nitro groups is 1. The van der Waals surface area contributed by atoms with Crippen molar-refractivity contribution >= 4 is 5.69 Å². The molecule has 0 N–H and O–H groups in total. The summed E-state index contributed by atoms with van der Waals surface area (Å²) in [5, 5.41) is 14.7. The summed E-state index contributed by atoms with van der Waals surface area (Å²) in [5.41, 5.74) is 0.730. The maximum Gasteiger partial charge on any atom is 0.309 e. The first-order valence-corrected chi connectivity index (χ1v) is 4.96. The van der Waals surface area contributed by atoms with Gasteiger partial charge in [0.2, 0.25) is 0 Å². The quantitative estimate of drug-likeness (QED) is 0.548. The molecule has 1 saturated heterocycles. The van der Waals surface area contributed by atoms with Gasteiger partial charge in [0.05, 0.1) is 11.0 Å². The molecule has 1 aromatic heterocycles. The Hall–Kier alpha value is -1.43. The van der Waals surface area contributed by atoms with Crippen LogP contribution >= 0.6 is 0 Å². The molecule has 15 heavy (non-hydrogen) atoms. The van der Waals surface area contributed by atoms with Crippen LogP contribution in [-0.2, 0) is 4.74 Å². The number of ether oxygens (including phenoxy) is 1. The average Bonchev–Trinajstić information content (AvgIpc) is 2.61. The Labute approximate surface area is 87.0 Å². The van der Waals surface area contributed by atoms with Crippen molar-refractivity contribution in [1.29, 1.82) is 0 Å². The number of hydrogen-bond donors (Lipinski definition) is 0. The summed E-state index contributed by atoms with van der Waals surface area (Å²) in [4.78, 5) is 10.3. The lowest BCUT2D eigenvalue weighted by molar-refractivity contribution is -0.385. The second-order valence-corrected chi connectivity index (χ2v) is 3.66. The van der Waals surface area contributed by atoms with E-state index in [9.17, 15) is 10.1 Å². The van der Waals surface area contributed by atoms with Crippen LogP contribution in [0.15, 0.2) is 6.20 Å². The van der Waals surface area contributed by atoms with Gasteiger partial charge in [0.1, 0.15) is 11.9 Å². The second kappa shape index (κ2) is 3.98. The molecule has 0 aliphatic carbocycles. The van der Waals surface area contributed by atoms with Gasteiger partial charge in [-0.3, -0.25) is 14.8 Å². The van der Waals surface area contributed by atoms with E-state index in [1.807, 2.05) is 0 Å². The Bertz CT molecular complexity index is 369. The van der Waals surface area contributed by atoms with E-state index in [1.165, 1.54) is 6.20 Å². The van der Waals surface area contributed by atoms with Gasteiger partial charge in [-0.1, -0.05) is 0 Å². The van der Waals surface area contributed by atoms with Crippen molar-refractivity contribution in [1.82, 2.24) is 9.78 Å². The lowest BCUT2D eigenvalue weighted by atomic mass is 10.1. The molecule has 0 aromatic carbocycles. The molecule has 2 rings (SSSR count). The summed E-state index contributed by atoms with van der Waals surface area (Å²) < 4.78 is 6.99. The van der Waals surface area contributed by atoms with Crippen LogP contribution in [0, 0.1) is 17.0 Å². The molecule has 0 bridgehead atoms. The third kappa shape index (κ3) is 1.85. The molecule has 0 atom stereocenters. The maximum atomic E-state index is 10.6. The van der Waals surface area contributed by atoms with Crippen molar-refractivity contribution in [2.75, 3.05) is 13.2 Å². The first-order valence-electron chi connectivity index (χ1n) is 4.96. The Morgan fingerprint density at radius 1 is 1.60 bits per heavy atom. The van der Waals surface area contributed by atoms with Crippen LogP contribution in [0.2, 0.25) is 0 Å². The van der Waals surface area contributed by atoms with Gasteiger partial charge < -0.3 is 4.74 Å². The predicted molar refractivity (Wildman–Crippen MR) is 52.7 cm³/mol. The van der Waals surface area contributed by atoms with Gasteiger partial charge in [-0.25, -0.2) is 0 Å². The molecule has 2 heterocycles. The Morgan fingerprint density at radius 3 is 2.80 bits per heavy atom. The van der Waals surface area contributed by atoms with Gasteiger partial charge in [-0.15, -0.1) is 0 Å².